The first-order valence-electron chi connectivity index (χ1n) is 9.23. The van der Waals surface area contributed by atoms with Gasteiger partial charge in [0.1, 0.15) is 22.7 Å². The molecule has 1 aliphatic rings. The van der Waals surface area contributed by atoms with Crippen LogP contribution in [0.5, 0.6) is 0 Å². The number of aromatic amines is 2. The monoisotopic (exact) mass is 384 g/mol. The van der Waals surface area contributed by atoms with Gasteiger partial charge in [-0.25, -0.2) is 15.0 Å². The topological polar surface area (TPSA) is 138 Å². The number of pyridine rings is 2. The zero-order valence-corrected chi connectivity index (χ0v) is 15.2. The predicted molar refractivity (Wildman–Crippen MR) is 108 cm³/mol. The lowest BCUT2D eigenvalue weighted by molar-refractivity contribution is 0.514. The van der Waals surface area contributed by atoms with Gasteiger partial charge in [-0.05, 0) is 18.2 Å². The summed E-state index contributed by atoms with van der Waals surface area (Å²) in [6, 6.07) is 5.91. The van der Waals surface area contributed by atoms with Crippen molar-refractivity contribution in [1.29, 1.82) is 0 Å². The highest BCUT2D eigenvalue weighted by Gasteiger charge is 2.25. The van der Waals surface area contributed by atoms with E-state index in [9.17, 15) is 0 Å². The van der Waals surface area contributed by atoms with Gasteiger partial charge < -0.3 is 15.6 Å². The molecule has 0 bridgehead atoms. The second kappa shape index (κ2) is 6.04. The molecule has 0 atom stereocenters. The number of fused-ring (bicyclic) bond motifs is 2. The maximum atomic E-state index is 5.88. The number of nitrogens with zero attached hydrogens (tertiary/aromatic N) is 7. The molecule has 4 N–H and O–H groups in total. The average molecular weight is 384 g/mol. The fourth-order valence-corrected chi connectivity index (χ4v) is 3.52. The smallest absolute Gasteiger partial charge is 0.160 e. The summed E-state index contributed by atoms with van der Waals surface area (Å²) in [5.74, 6) is 1.46. The van der Waals surface area contributed by atoms with Crippen LogP contribution in [-0.4, -0.2) is 59.2 Å². The summed E-state index contributed by atoms with van der Waals surface area (Å²) < 4.78 is 0. The molecule has 10 nitrogen and oxygen atoms in total. The van der Waals surface area contributed by atoms with Gasteiger partial charge in [0.25, 0.3) is 0 Å². The van der Waals surface area contributed by atoms with Crippen LogP contribution >= 0.6 is 0 Å². The molecule has 0 saturated carbocycles. The molecule has 0 radical (unpaired) electrons. The first kappa shape index (κ1) is 16.1. The van der Waals surface area contributed by atoms with E-state index >= 15 is 0 Å². The molecular formula is C19H16N10. The molecule has 5 aromatic rings. The van der Waals surface area contributed by atoms with Crippen LogP contribution in [0.25, 0.3) is 45.0 Å². The fourth-order valence-electron chi connectivity index (χ4n) is 3.52. The maximum absolute atomic E-state index is 5.88. The van der Waals surface area contributed by atoms with Crippen molar-refractivity contribution < 1.29 is 0 Å². The third-order valence-electron chi connectivity index (χ3n) is 5.05. The molecule has 5 aromatic heterocycles. The third kappa shape index (κ3) is 2.61. The lowest BCUT2D eigenvalue weighted by Gasteiger charge is -2.37. The number of imidazole rings is 1. The Hall–Kier alpha value is -3.92. The van der Waals surface area contributed by atoms with Crippen molar-refractivity contribution in [2.45, 2.75) is 6.04 Å². The van der Waals surface area contributed by atoms with Crippen LogP contribution in [-0.2, 0) is 0 Å². The van der Waals surface area contributed by atoms with Crippen LogP contribution in [0.3, 0.4) is 0 Å². The average Bonchev–Trinajstić information content (AvgIpc) is 3.34. The van der Waals surface area contributed by atoms with Crippen molar-refractivity contribution in [3.8, 4) is 22.9 Å². The van der Waals surface area contributed by atoms with Gasteiger partial charge in [0.2, 0.25) is 0 Å². The lowest BCUT2D eigenvalue weighted by Crippen LogP contribution is -2.56. The van der Waals surface area contributed by atoms with Gasteiger partial charge in [0, 0.05) is 30.7 Å². The lowest BCUT2D eigenvalue weighted by atomic mass is 10.1. The van der Waals surface area contributed by atoms with Crippen molar-refractivity contribution in [2.75, 3.05) is 18.0 Å². The Labute approximate surface area is 164 Å². The third-order valence-corrected chi connectivity index (χ3v) is 5.05. The van der Waals surface area contributed by atoms with Gasteiger partial charge in [0.05, 0.1) is 29.8 Å². The minimum Gasteiger partial charge on any atom is -0.352 e. The van der Waals surface area contributed by atoms with Crippen molar-refractivity contribution in [1.82, 2.24) is 40.1 Å². The minimum atomic E-state index is 0.196. The van der Waals surface area contributed by atoms with Gasteiger partial charge in [-0.2, -0.15) is 5.10 Å². The van der Waals surface area contributed by atoms with Gasteiger partial charge in [-0.3, -0.25) is 15.1 Å². The molecule has 10 heteroatoms. The number of hydrogen-bond acceptors (Lipinski definition) is 8. The van der Waals surface area contributed by atoms with Crippen molar-refractivity contribution >= 4 is 27.9 Å². The highest BCUT2D eigenvalue weighted by Crippen LogP contribution is 2.28. The number of H-pyrrole nitrogens is 2. The number of rotatable bonds is 3. The highest BCUT2D eigenvalue weighted by atomic mass is 15.3. The summed E-state index contributed by atoms with van der Waals surface area (Å²) in [7, 11) is 0. The number of anilines is 1. The Bertz CT molecular complexity index is 1310. The van der Waals surface area contributed by atoms with E-state index in [2.05, 4.69) is 40.0 Å². The molecule has 1 aliphatic heterocycles. The Morgan fingerprint density at radius 2 is 2.00 bits per heavy atom. The first-order valence-corrected chi connectivity index (χ1v) is 9.23. The number of nitrogens with two attached hydrogens (primary N) is 1. The van der Waals surface area contributed by atoms with Gasteiger partial charge in [-0.1, -0.05) is 0 Å². The van der Waals surface area contributed by atoms with Crippen molar-refractivity contribution in [3.63, 3.8) is 0 Å². The Kier molecular flexibility index (Phi) is 3.35. The number of aromatic nitrogens is 8. The molecule has 0 aliphatic carbocycles. The molecule has 0 spiro atoms. The summed E-state index contributed by atoms with van der Waals surface area (Å²) in [4.78, 5) is 27.8. The van der Waals surface area contributed by atoms with Crippen LogP contribution in [0, 0.1) is 0 Å². The number of nitrogens with one attached hydrogen (secondary N) is 2. The molecular weight excluding hydrogens is 368 g/mol. The van der Waals surface area contributed by atoms with Crippen LogP contribution in [0.2, 0.25) is 0 Å². The molecule has 142 valence electrons. The molecule has 0 amide bonds. The van der Waals surface area contributed by atoms with E-state index in [1.165, 1.54) is 0 Å². The van der Waals surface area contributed by atoms with Crippen LogP contribution < -0.4 is 10.6 Å². The second-order valence-corrected chi connectivity index (χ2v) is 7.07. The summed E-state index contributed by atoms with van der Waals surface area (Å²) in [6.07, 6.45) is 6.93. The minimum absolute atomic E-state index is 0.196. The fraction of sp³-hybridized carbons (Fsp3) is 0.158. The van der Waals surface area contributed by atoms with E-state index < -0.39 is 0 Å². The predicted octanol–water partition coefficient (Wildman–Crippen LogP) is 1.50. The van der Waals surface area contributed by atoms with Crippen LogP contribution in [0.4, 0.5) is 5.82 Å². The molecule has 0 aromatic carbocycles. The number of hydrogen-bond donors (Lipinski definition) is 3. The van der Waals surface area contributed by atoms with Gasteiger partial charge in [0.15, 0.2) is 11.5 Å². The van der Waals surface area contributed by atoms with Crippen molar-refractivity contribution in [2.24, 2.45) is 5.73 Å². The second-order valence-electron chi connectivity index (χ2n) is 7.07. The SMILES string of the molecule is NC1CN(c2cncc(-c3cc4c(-c5nc6cccnc6[nH]5)n[nH]c4cn3)n2)C1. The zero-order valence-electron chi connectivity index (χ0n) is 15.2. The summed E-state index contributed by atoms with van der Waals surface area (Å²) in [5, 5.41) is 8.33. The van der Waals surface area contributed by atoms with Gasteiger partial charge >= 0.3 is 0 Å². The summed E-state index contributed by atoms with van der Waals surface area (Å²) >= 11 is 0. The molecule has 6 heterocycles. The molecule has 1 fully saturated rings. The van der Waals surface area contributed by atoms with Crippen LogP contribution in [0.15, 0.2) is 43.0 Å². The standard InChI is InChI=1S/C19H16N10/c20-10-8-29(9-10)16-7-21-5-15(24-16)13-4-11-14(6-23-13)27-28-17(11)19-25-12-2-1-3-22-18(12)26-19/h1-7,10H,8-9,20H2,(H,27,28)(H,22,25,26). The van der Waals surface area contributed by atoms with E-state index in [1.54, 1.807) is 24.8 Å². The first-order chi connectivity index (χ1) is 14.2. The maximum Gasteiger partial charge on any atom is 0.160 e. The summed E-state index contributed by atoms with van der Waals surface area (Å²) in [5.41, 5.74) is 10.3. The Balaban J connectivity index is 1.43. The molecule has 1 saturated heterocycles. The van der Waals surface area contributed by atoms with E-state index in [1.807, 2.05) is 18.2 Å². The highest BCUT2D eigenvalue weighted by molar-refractivity contribution is 5.94. The molecule has 0 unspecified atom stereocenters. The zero-order chi connectivity index (χ0) is 19.4. The molecule has 29 heavy (non-hydrogen) atoms. The van der Waals surface area contributed by atoms with Gasteiger partial charge in [-0.15, -0.1) is 0 Å². The van der Waals surface area contributed by atoms with Crippen molar-refractivity contribution in [3.05, 3.63) is 43.0 Å². The van der Waals surface area contributed by atoms with Crippen LogP contribution in [0.1, 0.15) is 0 Å². The Morgan fingerprint density at radius 3 is 2.86 bits per heavy atom. The Morgan fingerprint density at radius 1 is 1.07 bits per heavy atom. The molecule has 6 rings (SSSR count). The quantitative estimate of drug-likeness (QED) is 0.425. The normalized spacial score (nSPS) is 14.6. The largest absolute Gasteiger partial charge is 0.352 e. The van der Waals surface area contributed by atoms with E-state index in [4.69, 9.17) is 10.7 Å². The van der Waals surface area contributed by atoms with E-state index in [-0.39, 0.29) is 6.04 Å². The van der Waals surface area contributed by atoms with E-state index in [0.717, 1.165) is 41.0 Å². The summed E-state index contributed by atoms with van der Waals surface area (Å²) in [6.45, 7) is 1.58. The van der Waals surface area contributed by atoms with E-state index in [0.29, 0.717) is 22.9 Å².